The van der Waals surface area contributed by atoms with Crippen molar-refractivity contribution in [3.63, 3.8) is 0 Å². The Labute approximate surface area is 120 Å². The molecule has 1 aromatic heterocycles. The summed E-state index contributed by atoms with van der Waals surface area (Å²) in [5.74, 6) is 2.07. The van der Waals surface area contributed by atoms with Crippen LogP contribution in [-0.2, 0) is 6.54 Å². The summed E-state index contributed by atoms with van der Waals surface area (Å²) in [6, 6.07) is 3.87. The molecule has 0 unspecified atom stereocenters. The van der Waals surface area contributed by atoms with Crippen LogP contribution in [0, 0.1) is 5.92 Å². The number of pyridine rings is 1. The highest BCUT2D eigenvalue weighted by molar-refractivity contribution is 5.78. The number of guanidine groups is 1. The van der Waals surface area contributed by atoms with Crippen molar-refractivity contribution in [2.24, 2.45) is 16.6 Å². The van der Waals surface area contributed by atoms with Crippen molar-refractivity contribution in [1.29, 1.82) is 0 Å². The standard InChI is InChI=1S/C15H24N4O/c1-3-20-14-13(5-4-8-17-14)11-18-15(16)19-9-6-12(2)7-10-19/h4-5,8,12H,3,6-7,9-11H2,1-2H3,(H2,16,18). The molecule has 0 atom stereocenters. The second kappa shape index (κ2) is 7.12. The van der Waals surface area contributed by atoms with Crippen LogP contribution in [0.15, 0.2) is 23.3 Å². The van der Waals surface area contributed by atoms with Crippen molar-refractivity contribution in [3.05, 3.63) is 23.9 Å². The average molecular weight is 276 g/mol. The first-order valence-corrected chi connectivity index (χ1v) is 7.32. The number of nitrogens with zero attached hydrogens (tertiary/aromatic N) is 3. The van der Waals surface area contributed by atoms with E-state index in [0.29, 0.717) is 25.0 Å². The van der Waals surface area contributed by atoms with E-state index in [1.165, 1.54) is 12.8 Å². The normalized spacial score (nSPS) is 17.3. The quantitative estimate of drug-likeness (QED) is 0.675. The molecule has 0 spiro atoms. The Morgan fingerprint density at radius 2 is 2.25 bits per heavy atom. The lowest BCUT2D eigenvalue weighted by Gasteiger charge is -2.31. The molecule has 110 valence electrons. The third-order valence-electron chi connectivity index (χ3n) is 3.65. The minimum Gasteiger partial charge on any atom is -0.478 e. The SMILES string of the molecule is CCOc1ncccc1CN=C(N)N1CCC(C)CC1. The maximum atomic E-state index is 6.08. The monoisotopic (exact) mass is 276 g/mol. The average Bonchev–Trinajstić information content (AvgIpc) is 2.47. The molecule has 0 saturated carbocycles. The van der Waals surface area contributed by atoms with Gasteiger partial charge in [-0.05, 0) is 31.7 Å². The van der Waals surface area contributed by atoms with Crippen LogP contribution in [0.2, 0.25) is 0 Å². The number of hydrogen-bond donors (Lipinski definition) is 1. The van der Waals surface area contributed by atoms with Crippen molar-refractivity contribution in [2.45, 2.75) is 33.2 Å². The van der Waals surface area contributed by atoms with E-state index in [2.05, 4.69) is 21.8 Å². The Morgan fingerprint density at radius 1 is 1.50 bits per heavy atom. The van der Waals surface area contributed by atoms with Gasteiger partial charge in [0.15, 0.2) is 5.96 Å². The van der Waals surface area contributed by atoms with Gasteiger partial charge >= 0.3 is 0 Å². The second-order valence-electron chi connectivity index (χ2n) is 5.24. The summed E-state index contributed by atoms with van der Waals surface area (Å²) >= 11 is 0. The maximum absolute atomic E-state index is 6.08. The van der Waals surface area contributed by atoms with E-state index in [1.54, 1.807) is 6.20 Å². The first kappa shape index (κ1) is 14.6. The molecule has 1 aliphatic heterocycles. The van der Waals surface area contributed by atoms with Gasteiger partial charge in [0.25, 0.3) is 0 Å². The van der Waals surface area contributed by atoms with Crippen LogP contribution in [0.5, 0.6) is 5.88 Å². The van der Waals surface area contributed by atoms with Gasteiger partial charge in [-0.3, -0.25) is 0 Å². The van der Waals surface area contributed by atoms with Crippen molar-refractivity contribution < 1.29 is 4.74 Å². The van der Waals surface area contributed by atoms with Gasteiger partial charge in [0.1, 0.15) is 0 Å². The summed E-state index contributed by atoms with van der Waals surface area (Å²) in [6.45, 7) is 7.36. The summed E-state index contributed by atoms with van der Waals surface area (Å²) in [5, 5.41) is 0. The number of rotatable bonds is 4. The molecule has 0 radical (unpaired) electrons. The van der Waals surface area contributed by atoms with E-state index in [0.717, 1.165) is 24.6 Å². The Hall–Kier alpha value is -1.78. The molecule has 0 amide bonds. The molecule has 1 saturated heterocycles. The molecular formula is C15H24N4O. The summed E-state index contributed by atoms with van der Waals surface area (Å²) in [4.78, 5) is 10.9. The van der Waals surface area contributed by atoms with Gasteiger partial charge in [0, 0.05) is 24.8 Å². The van der Waals surface area contributed by atoms with Crippen LogP contribution in [0.4, 0.5) is 0 Å². The van der Waals surface area contributed by atoms with Crippen LogP contribution < -0.4 is 10.5 Å². The van der Waals surface area contributed by atoms with Gasteiger partial charge in [-0.15, -0.1) is 0 Å². The topological polar surface area (TPSA) is 63.7 Å². The molecule has 0 aliphatic carbocycles. The van der Waals surface area contributed by atoms with E-state index in [-0.39, 0.29) is 0 Å². The zero-order chi connectivity index (χ0) is 14.4. The Kier molecular flexibility index (Phi) is 5.21. The van der Waals surface area contributed by atoms with Gasteiger partial charge in [-0.25, -0.2) is 9.98 Å². The molecule has 5 nitrogen and oxygen atoms in total. The predicted octanol–water partition coefficient (Wildman–Crippen LogP) is 2.03. The molecule has 2 rings (SSSR count). The van der Waals surface area contributed by atoms with Crippen LogP contribution >= 0.6 is 0 Å². The highest BCUT2D eigenvalue weighted by atomic mass is 16.5. The first-order valence-electron chi connectivity index (χ1n) is 7.32. The third-order valence-corrected chi connectivity index (χ3v) is 3.65. The Balaban J connectivity index is 1.98. The van der Waals surface area contributed by atoms with E-state index in [9.17, 15) is 0 Å². The summed E-state index contributed by atoms with van der Waals surface area (Å²) in [7, 11) is 0. The van der Waals surface area contributed by atoms with Crippen LogP contribution in [-0.4, -0.2) is 35.5 Å². The molecule has 1 aromatic rings. The van der Waals surface area contributed by atoms with E-state index < -0.39 is 0 Å². The lowest BCUT2D eigenvalue weighted by atomic mass is 10.00. The molecule has 0 bridgehead atoms. The van der Waals surface area contributed by atoms with E-state index >= 15 is 0 Å². The highest BCUT2D eigenvalue weighted by Crippen LogP contribution is 2.17. The van der Waals surface area contributed by atoms with Gasteiger partial charge in [0.2, 0.25) is 5.88 Å². The maximum Gasteiger partial charge on any atom is 0.218 e. The second-order valence-corrected chi connectivity index (χ2v) is 5.24. The van der Waals surface area contributed by atoms with Crippen molar-refractivity contribution in [2.75, 3.05) is 19.7 Å². The minimum absolute atomic E-state index is 0.515. The van der Waals surface area contributed by atoms with Crippen LogP contribution in [0.3, 0.4) is 0 Å². The molecular weight excluding hydrogens is 252 g/mol. The number of hydrogen-bond acceptors (Lipinski definition) is 3. The highest BCUT2D eigenvalue weighted by Gasteiger charge is 2.17. The smallest absolute Gasteiger partial charge is 0.218 e. The van der Waals surface area contributed by atoms with Gasteiger partial charge < -0.3 is 15.4 Å². The fraction of sp³-hybridized carbons (Fsp3) is 0.600. The van der Waals surface area contributed by atoms with E-state index in [1.807, 2.05) is 19.1 Å². The molecule has 0 aromatic carbocycles. The van der Waals surface area contributed by atoms with Crippen molar-refractivity contribution in [3.8, 4) is 5.88 Å². The summed E-state index contributed by atoms with van der Waals surface area (Å²) < 4.78 is 5.49. The molecule has 5 heteroatoms. The number of nitrogens with two attached hydrogens (primary N) is 1. The lowest BCUT2D eigenvalue weighted by molar-refractivity contribution is 0.277. The number of ether oxygens (including phenoxy) is 1. The van der Waals surface area contributed by atoms with Crippen molar-refractivity contribution >= 4 is 5.96 Å². The molecule has 1 fully saturated rings. The largest absolute Gasteiger partial charge is 0.478 e. The number of piperidine rings is 1. The first-order chi connectivity index (χ1) is 9.70. The third kappa shape index (κ3) is 3.85. The lowest BCUT2D eigenvalue weighted by Crippen LogP contribution is -2.42. The molecule has 1 aliphatic rings. The fourth-order valence-corrected chi connectivity index (χ4v) is 2.31. The number of aromatic nitrogens is 1. The van der Waals surface area contributed by atoms with Crippen LogP contribution in [0.1, 0.15) is 32.3 Å². The van der Waals surface area contributed by atoms with Gasteiger partial charge in [0.05, 0.1) is 13.2 Å². The fourth-order valence-electron chi connectivity index (χ4n) is 2.31. The van der Waals surface area contributed by atoms with Crippen molar-refractivity contribution in [1.82, 2.24) is 9.88 Å². The van der Waals surface area contributed by atoms with Gasteiger partial charge in [-0.1, -0.05) is 13.0 Å². The van der Waals surface area contributed by atoms with E-state index in [4.69, 9.17) is 10.5 Å². The Bertz CT molecular complexity index is 453. The predicted molar refractivity (Wildman–Crippen MR) is 80.7 cm³/mol. The molecule has 20 heavy (non-hydrogen) atoms. The number of aliphatic imine (C=N–C) groups is 1. The number of likely N-dealkylation sites (tertiary alicyclic amines) is 1. The zero-order valence-electron chi connectivity index (χ0n) is 12.4. The molecule has 2 N–H and O–H groups in total. The summed E-state index contributed by atoms with van der Waals surface area (Å²) in [6.07, 6.45) is 4.11. The van der Waals surface area contributed by atoms with Crippen LogP contribution in [0.25, 0.3) is 0 Å². The zero-order valence-corrected chi connectivity index (χ0v) is 12.4. The summed E-state index contributed by atoms with van der Waals surface area (Å²) in [5.41, 5.74) is 7.06. The Morgan fingerprint density at radius 3 is 2.95 bits per heavy atom. The molecule has 2 heterocycles. The minimum atomic E-state index is 0.515. The van der Waals surface area contributed by atoms with Gasteiger partial charge in [-0.2, -0.15) is 0 Å².